The number of hydrogen-bond donors (Lipinski definition) is 0. The molecule has 0 bridgehead atoms. The highest BCUT2D eigenvalue weighted by Gasteiger charge is 2.33. The number of aromatic nitrogens is 1. The van der Waals surface area contributed by atoms with Crippen LogP contribution in [0.1, 0.15) is 18.9 Å². The lowest BCUT2D eigenvalue weighted by molar-refractivity contribution is -0.388. The standard InChI is InChI=1S/C9H9F3N2O2S/c1-2-3-17-8-7(14(15)16)4-6(5-13-8)9(10,11)12/h4-5H,2-3H2,1H3. The second-order valence-corrected chi connectivity index (χ2v) is 4.24. The number of alkyl halides is 3. The molecule has 0 aliphatic rings. The normalized spacial score (nSPS) is 11.5. The van der Waals surface area contributed by atoms with Gasteiger partial charge in [0.2, 0.25) is 0 Å². The van der Waals surface area contributed by atoms with Crippen LogP contribution < -0.4 is 0 Å². The molecule has 0 aliphatic heterocycles. The highest BCUT2D eigenvalue weighted by atomic mass is 32.2. The monoisotopic (exact) mass is 266 g/mol. The van der Waals surface area contributed by atoms with Crippen molar-refractivity contribution in [2.45, 2.75) is 24.5 Å². The molecule has 8 heteroatoms. The molecule has 1 aromatic heterocycles. The fourth-order valence-corrected chi connectivity index (χ4v) is 1.84. The number of halogens is 3. The quantitative estimate of drug-likeness (QED) is 0.475. The first-order chi connectivity index (χ1) is 7.86. The Bertz CT molecular complexity index is 423. The minimum Gasteiger partial charge on any atom is -0.258 e. The molecule has 0 fully saturated rings. The van der Waals surface area contributed by atoms with E-state index in [2.05, 4.69) is 4.98 Å². The van der Waals surface area contributed by atoms with Crippen molar-refractivity contribution in [1.82, 2.24) is 4.98 Å². The van der Waals surface area contributed by atoms with Gasteiger partial charge in [-0.1, -0.05) is 18.7 Å². The van der Waals surface area contributed by atoms with Crippen LogP contribution in [0.2, 0.25) is 0 Å². The van der Waals surface area contributed by atoms with Crippen LogP contribution in [0.15, 0.2) is 17.3 Å². The summed E-state index contributed by atoms with van der Waals surface area (Å²) in [5.74, 6) is 0.569. The van der Waals surface area contributed by atoms with Gasteiger partial charge in [-0.05, 0) is 12.2 Å². The number of thioether (sulfide) groups is 1. The van der Waals surface area contributed by atoms with Gasteiger partial charge in [-0.2, -0.15) is 13.2 Å². The van der Waals surface area contributed by atoms with Crippen molar-refractivity contribution in [1.29, 1.82) is 0 Å². The van der Waals surface area contributed by atoms with Crippen molar-refractivity contribution in [3.63, 3.8) is 0 Å². The summed E-state index contributed by atoms with van der Waals surface area (Å²) in [6, 6.07) is 0.519. The molecule has 94 valence electrons. The summed E-state index contributed by atoms with van der Waals surface area (Å²) in [7, 11) is 0. The average molecular weight is 266 g/mol. The summed E-state index contributed by atoms with van der Waals surface area (Å²) in [6.45, 7) is 1.86. The van der Waals surface area contributed by atoms with Crippen molar-refractivity contribution in [3.8, 4) is 0 Å². The van der Waals surface area contributed by atoms with Gasteiger partial charge in [0.05, 0.1) is 10.5 Å². The van der Waals surface area contributed by atoms with Gasteiger partial charge >= 0.3 is 11.9 Å². The Balaban J connectivity index is 3.13. The Morgan fingerprint density at radius 2 is 2.18 bits per heavy atom. The SMILES string of the molecule is CCCSc1ncc(C(F)(F)F)cc1[N+](=O)[O-]. The van der Waals surface area contributed by atoms with Crippen molar-refractivity contribution in [3.05, 3.63) is 27.9 Å². The first kappa shape index (κ1) is 13.8. The van der Waals surface area contributed by atoms with E-state index in [4.69, 9.17) is 0 Å². The largest absolute Gasteiger partial charge is 0.418 e. The molecule has 0 N–H and O–H groups in total. The Hall–Kier alpha value is -1.31. The minimum absolute atomic E-state index is 0.0184. The van der Waals surface area contributed by atoms with Crippen molar-refractivity contribution >= 4 is 17.4 Å². The van der Waals surface area contributed by atoms with E-state index >= 15 is 0 Å². The molecule has 0 atom stereocenters. The van der Waals surface area contributed by atoms with E-state index in [0.717, 1.165) is 18.2 Å². The molecule has 0 spiro atoms. The summed E-state index contributed by atoms with van der Waals surface area (Å²) in [6.07, 6.45) is -3.25. The third-order valence-electron chi connectivity index (χ3n) is 1.80. The average Bonchev–Trinajstić information content (AvgIpc) is 2.24. The summed E-state index contributed by atoms with van der Waals surface area (Å²) in [4.78, 5) is 13.3. The predicted molar refractivity (Wildman–Crippen MR) is 56.9 cm³/mol. The third kappa shape index (κ3) is 3.58. The van der Waals surface area contributed by atoms with Gasteiger partial charge in [0, 0.05) is 12.3 Å². The van der Waals surface area contributed by atoms with E-state index in [1.807, 2.05) is 6.92 Å². The van der Waals surface area contributed by atoms with Gasteiger partial charge in [-0.15, -0.1) is 0 Å². The van der Waals surface area contributed by atoms with Crippen LogP contribution in [0, 0.1) is 10.1 Å². The molecular formula is C9H9F3N2O2S. The second-order valence-electron chi connectivity index (χ2n) is 3.15. The van der Waals surface area contributed by atoms with Gasteiger partial charge < -0.3 is 0 Å². The molecule has 1 aromatic rings. The predicted octanol–water partition coefficient (Wildman–Crippen LogP) is 3.51. The molecule has 0 radical (unpaired) electrons. The molecule has 0 aromatic carbocycles. The van der Waals surface area contributed by atoms with Crippen LogP contribution in [0.25, 0.3) is 0 Å². The van der Waals surface area contributed by atoms with Crippen molar-refractivity contribution in [2.75, 3.05) is 5.75 Å². The zero-order chi connectivity index (χ0) is 13.1. The second kappa shape index (κ2) is 5.35. The maximum Gasteiger partial charge on any atom is 0.418 e. The van der Waals surface area contributed by atoms with Crippen LogP contribution in [-0.2, 0) is 6.18 Å². The van der Waals surface area contributed by atoms with E-state index in [-0.39, 0.29) is 5.03 Å². The molecule has 0 amide bonds. The van der Waals surface area contributed by atoms with Crippen LogP contribution in [0.5, 0.6) is 0 Å². The Kier molecular flexibility index (Phi) is 4.33. The van der Waals surface area contributed by atoms with E-state index in [1.54, 1.807) is 0 Å². The summed E-state index contributed by atoms with van der Waals surface area (Å²) in [5.41, 5.74) is -1.71. The maximum atomic E-state index is 12.3. The highest BCUT2D eigenvalue weighted by Crippen LogP contribution is 2.34. The van der Waals surface area contributed by atoms with E-state index in [9.17, 15) is 23.3 Å². The first-order valence-electron chi connectivity index (χ1n) is 4.70. The van der Waals surface area contributed by atoms with Gasteiger partial charge in [0.25, 0.3) is 0 Å². The van der Waals surface area contributed by atoms with Crippen LogP contribution in [-0.4, -0.2) is 15.7 Å². The van der Waals surface area contributed by atoms with Crippen LogP contribution in [0.3, 0.4) is 0 Å². The fraction of sp³-hybridized carbons (Fsp3) is 0.444. The lowest BCUT2D eigenvalue weighted by Gasteiger charge is -2.07. The van der Waals surface area contributed by atoms with Crippen LogP contribution >= 0.6 is 11.8 Å². The molecule has 0 saturated heterocycles. The molecular weight excluding hydrogens is 257 g/mol. The number of hydrogen-bond acceptors (Lipinski definition) is 4. The first-order valence-corrected chi connectivity index (χ1v) is 5.69. The molecule has 1 rings (SSSR count). The summed E-state index contributed by atoms with van der Waals surface area (Å²) in [5, 5.41) is 10.7. The minimum atomic E-state index is -4.62. The zero-order valence-corrected chi connectivity index (χ0v) is 9.64. The zero-order valence-electron chi connectivity index (χ0n) is 8.82. The molecule has 0 unspecified atom stereocenters. The van der Waals surface area contributed by atoms with Gasteiger partial charge in [-0.25, -0.2) is 4.98 Å². The van der Waals surface area contributed by atoms with Gasteiger partial charge in [-0.3, -0.25) is 10.1 Å². The van der Waals surface area contributed by atoms with Gasteiger partial charge in [0.15, 0.2) is 5.03 Å². The highest BCUT2D eigenvalue weighted by molar-refractivity contribution is 7.99. The fourth-order valence-electron chi connectivity index (χ4n) is 1.04. The van der Waals surface area contributed by atoms with Crippen molar-refractivity contribution < 1.29 is 18.1 Å². The van der Waals surface area contributed by atoms with Crippen molar-refractivity contribution in [2.24, 2.45) is 0 Å². The molecule has 17 heavy (non-hydrogen) atoms. The Morgan fingerprint density at radius 1 is 1.53 bits per heavy atom. The van der Waals surface area contributed by atoms with E-state index in [1.165, 1.54) is 0 Å². The Labute approximate surface area is 99.4 Å². The molecule has 0 aliphatic carbocycles. The summed E-state index contributed by atoms with van der Waals surface area (Å²) < 4.78 is 37.0. The smallest absolute Gasteiger partial charge is 0.258 e. The molecule has 0 saturated carbocycles. The third-order valence-corrected chi connectivity index (χ3v) is 3.00. The van der Waals surface area contributed by atoms with Crippen LogP contribution in [0.4, 0.5) is 18.9 Å². The lowest BCUT2D eigenvalue weighted by Crippen LogP contribution is -2.07. The lowest BCUT2D eigenvalue weighted by atomic mass is 10.2. The maximum absolute atomic E-state index is 12.3. The van der Waals surface area contributed by atoms with Gasteiger partial charge in [0.1, 0.15) is 0 Å². The number of rotatable bonds is 4. The Morgan fingerprint density at radius 3 is 2.65 bits per heavy atom. The van der Waals surface area contributed by atoms with E-state index < -0.39 is 22.4 Å². The number of nitrogens with zero attached hydrogens (tertiary/aromatic N) is 2. The molecule has 1 heterocycles. The molecule has 4 nitrogen and oxygen atoms in total. The summed E-state index contributed by atoms with van der Waals surface area (Å²) >= 11 is 1.07. The van der Waals surface area contributed by atoms with E-state index in [0.29, 0.717) is 18.0 Å². The topological polar surface area (TPSA) is 56.0 Å². The number of nitro groups is 1. The number of pyridine rings is 1.